The van der Waals surface area contributed by atoms with Gasteiger partial charge in [-0.05, 0) is 60.3 Å². The Morgan fingerprint density at radius 3 is 2.32 bits per heavy atom. The van der Waals surface area contributed by atoms with Crippen LogP contribution in [0.3, 0.4) is 0 Å². The van der Waals surface area contributed by atoms with Gasteiger partial charge in [0.15, 0.2) is 0 Å². The Morgan fingerprint density at radius 1 is 1.23 bits per heavy atom. The molecule has 2 unspecified atom stereocenters. The maximum atomic E-state index is 12.4. The Hall–Kier alpha value is -0.810. The Balaban J connectivity index is 1.80. The molecule has 5 heteroatoms. The van der Waals surface area contributed by atoms with Gasteiger partial charge in [0.1, 0.15) is 5.60 Å². The minimum atomic E-state index is -0.417. The molecule has 2 heterocycles. The molecular formula is C17H32N2O3. The number of rotatable bonds is 5. The second kappa shape index (κ2) is 7.18. The summed E-state index contributed by atoms with van der Waals surface area (Å²) in [5, 5.41) is 3.58. The Labute approximate surface area is 134 Å². The van der Waals surface area contributed by atoms with Crippen LogP contribution in [0.1, 0.15) is 60.3 Å². The van der Waals surface area contributed by atoms with E-state index < -0.39 is 5.60 Å². The van der Waals surface area contributed by atoms with Crippen LogP contribution in [-0.2, 0) is 9.47 Å². The van der Waals surface area contributed by atoms with Crippen molar-refractivity contribution < 1.29 is 14.3 Å². The molecule has 0 aliphatic carbocycles. The van der Waals surface area contributed by atoms with E-state index >= 15 is 0 Å². The van der Waals surface area contributed by atoms with Gasteiger partial charge >= 0.3 is 6.09 Å². The molecule has 0 aromatic carbocycles. The number of carbonyl (C=O) groups excluding carboxylic acids is 1. The second-order valence-corrected chi connectivity index (χ2v) is 7.81. The molecule has 2 fully saturated rings. The standard InChI is InChI=1S/C17H32N2O3/c1-12(2)21-9-8-18-13-10-14-6-7-15(11-13)19(14)16(20)22-17(3,4)5/h12-15,18H,6-11H2,1-5H3. The largest absolute Gasteiger partial charge is 0.444 e. The van der Waals surface area contributed by atoms with Crippen molar-refractivity contribution in [2.45, 2.75) is 90.1 Å². The number of nitrogens with one attached hydrogen (secondary N) is 1. The molecule has 0 saturated carbocycles. The Bertz CT molecular complexity index is 365. The van der Waals surface area contributed by atoms with Crippen LogP contribution in [0.25, 0.3) is 0 Å². The van der Waals surface area contributed by atoms with Crippen LogP contribution < -0.4 is 5.32 Å². The highest BCUT2D eigenvalue weighted by molar-refractivity contribution is 5.69. The quantitative estimate of drug-likeness (QED) is 0.793. The highest BCUT2D eigenvalue weighted by Crippen LogP contribution is 2.36. The average Bonchev–Trinajstić information content (AvgIpc) is 2.64. The molecular weight excluding hydrogens is 280 g/mol. The van der Waals surface area contributed by atoms with E-state index in [9.17, 15) is 4.79 Å². The van der Waals surface area contributed by atoms with Crippen LogP contribution in [0, 0.1) is 0 Å². The zero-order chi connectivity index (χ0) is 16.3. The summed E-state index contributed by atoms with van der Waals surface area (Å²) in [6, 6.07) is 1.15. The van der Waals surface area contributed by atoms with Crippen LogP contribution in [0.5, 0.6) is 0 Å². The Kier molecular flexibility index (Phi) is 5.72. The lowest BCUT2D eigenvalue weighted by Gasteiger charge is -2.39. The van der Waals surface area contributed by atoms with Gasteiger partial charge in [0.25, 0.3) is 0 Å². The molecule has 0 spiro atoms. The number of amides is 1. The van der Waals surface area contributed by atoms with Crippen LogP contribution in [0.15, 0.2) is 0 Å². The molecule has 2 aliphatic rings. The van der Waals surface area contributed by atoms with Gasteiger partial charge in [0.2, 0.25) is 0 Å². The fourth-order valence-corrected chi connectivity index (χ4v) is 3.51. The Morgan fingerprint density at radius 2 is 1.82 bits per heavy atom. The lowest BCUT2D eigenvalue weighted by atomic mass is 9.98. The van der Waals surface area contributed by atoms with Crippen molar-refractivity contribution in [3.05, 3.63) is 0 Å². The summed E-state index contributed by atoms with van der Waals surface area (Å²) in [5.74, 6) is 0. The molecule has 1 N–H and O–H groups in total. The fourth-order valence-electron chi connectivity index (χ4n) is 3.51. The molecule has 0 aromatic rings. The molecule has 0 radical (unpaired) electrons. The van der Waals surface area contributed by atoms with Gasteiger partial charge in [0, 0.05) is 24.7 Å². The molecule has 1 amide bonds. The number of ether oxygens (including phenoxy) is 2. The van der Waals surface area contributed by atoms with Crippen molar-refractivity contribution in [3.63, 3.8) is 0 Å². The minimum absolute atomic E-state index is 0.137. The van der Waals surface area contributed by atoms with E-state index in [4.69, 9.17) is 9.47 Å². The van der Waals surface area contributed by atoms with E-state index in [1.165, 1.54) is 0 Å². The van der Waals surface area contributed by atoms with E-state index in [0.717, 1.165) is 38.8 Å². The number of hydrogen-bond acceptors (Lipinski definition) is 4. The van der Waals surface area contributed by atoms with Gasteiger partial charge in [0.05, 0.1) is 12.7 Å². The lowest BCUT2D eigenvalue weighted by molar-refractivity contribution is 0.00404. The number of carbonyl (C=O) groups is 1. The van der Waals surface area contributed by atoms with E-state index in [-0.39, 0.29) is 12.2 Å². The topological polar surface area (TPSA) is 50.8 Å². The maximum absolute atomic E-state index is 12.4. The molecule has 2 bridgehead atoms. The first-order valence-electron chi connectivity index (χ1n) is 8.62. The third-order valence-electron chi connectivity index (χ3n) is 4.32. The van der Waals surface area contributed by atoms with Crippen molar-refractivity contribution in [1.29, 1.82) is 0 Å². The smallest absolute Gasteiger partial charge is 0.410 e. The first-order valence-corrected chi connectivity index (χ1v) is 8.62. The normalized spacial score (nSPS) is 28.3. The van der Waals surface area contributed by atoms with Gasteiger partial charge in [-0.3, -0.25) is 0 Å². The second-order valence-electron chi connectivity index (χ2n) is 7.81. The minimum Gasteiger partial charge on any atom is -0.444 e. The number of fused-ring (bicyclic) bond motifs is 2. The average molecular weight is 312 g/mol. The van der Waals surface area contributed by atoms with Crippen molar-refractivity contribution in [3.8, 4) is 0 Å². The predicted molar refractivity (Wildman–Crippen MR) is 87.0 cm³/mol. The summed E-state index contributed by atoms with van der Waals surface area (Å²) in [7, 11) is 0. The highest BCUT2D eigenvalue weighted by Gasteiger charge is 2.44. The molecule has 5 nitrogen and oxygen atoms in total. The first kappa shape index (κ1) is 17.5. The van der Waals surface area contributed by atoms with Gasteiger partial charge in [-0.1, -0.05) is 0 Å². The highest BCUT2D eigenvalue weighted by atomic mass is 16.6. The van der Waals surface area contributed by atoms with Crippen molar-refractivity contribution in [1.82, 2.24) is 10.2 Å². The van der Waals surface area contributed by atoms with Crippen molar-refractivity contribution >= 4 is 6.09 Å². The van der Waals surface area contributed by atoms with E-state index in [1.807, 2.05) is 25.7 Å². The maximum Gasteiger partial charge on any atom is 0.410 e. The van der Waals surface area contributed by atoms with Crippen molar-refractivity contribution in [2.24, 2.45) is 0 Å². The molecule has 2 aliphatic heterocycles. The van der Waals surface area contributed by atoms with E-state index in [0.29, 0.717) is 18.1 Å². The summed E-state index contributed by atoms with van der Waals surface area (Å²) in [4.78, 5) is 14.4. The molecule has 2 saturated heterocycles. The van der Waals surface area contributed by atoms with E-state index in [1.54, 1.807) is 0 Å². The van der Waals surface area contributed by atoms with Gasteiger partial charge in [-0.15, -0.1) is 0 Å². The number of piperidine rings is 1. The fraction of sp³-hybridized carbons (Fsp3) is 0.941. The van der Waals surface area contributed by atoms with E-state index in [2.05, 4.69) is 19.2 Å². The zero-order valence-corrected chi connectivity index (χ0v) is 14.7. The van der Waals surface area contributed by atoms with Crippen molar-refractivity contribution in [2.75, 3.05) is 13.2 Å². The SMILES string of the molecule is CC(C)OCCNC1CC2CCC(C1)N2C(=O)OC(C)(C)C. The van der Waals surface area contributed by atoms with Gasteiger partial charge < -0.3 is 19.7 Å². The van der Waals surface area contributed by atoms with Crippen LogP contribution >= 0.6 is 0 Å². The summed E-state index contributed by atoms with van der Waals surface area (Å²) in [6.07, 6.45) is 4.40. The first-order chi connectivity index (χ1) is 10.3. The number of hydrogen-bond donors (Lipinski definition) is 1. The molecule has 22 heavy (non-hydrogen) atoms. The van der Waals surface area contributed by atoms with Gasteiger partial charge in [-0.25, -0.2) is 4.79 Å². The summed E-state index contributed by atoms with van der Waals surface area (Å²) in [6.45, 7) is 11.5. The van der Waals surface area contributed by atoms with Gasteiger partial charge in [-0.2, -0.15) is 0 Å². The lowest BCUT2D eigenvalue weighted by Crippen LogP contribution is -2.53. The van der Waals surface area contributed by atoms with Crippen LogP contribution in [0.2, 0.25) is 0 Å². The summed E-state index contributed by atoms with van der Waals surface area (Å²) < 4.78 is 11.1. The predicted octanol–water partition coefficient (Wildman–Crippen LogP) is 2.93. The van der Waals surface area contributed by atoms with Crippen LogP contribution in [-0.4, -0.2) is 54.0 Å². The molecule has 128 valence electrons. The zero-order valence-electron chi connectivity index (χ0n) is 14.7. The summed E-state index contributed by atoms with van der Waals surface area (Å²) >= 11 is 0. The monoisotopic (exact) mass is 312 g/mol. The summed E-state index contributed by atoms with van der Waals surface area (Å²) in [5.41, 5.74) is -0.417. The van der Waals surface area contributed by atoms with Crippen LogP contribution in [0.4, 0.5) is 4.79 Å². The molecule has 0 aromatic heterocycles. The third-order valence-corrected chi connectivity index (χ3v) is 4.32. The number of nitrogens with zero attached hydrogens (tertiary/aromatic N) is 1. The molecule has 2 atom stereocenters. The third kappa shape index (κ3) is 4.85. The molecule has 2 rings (SSSR count).